The first kappa shape index (κ1) is 19.7. The first-order valence-electron chi connectivity index (χ1n) is 10.5. The number of ketones is 1. The SMILES string of the molecule is Nc1c(C=C2C=C(Cl)C(=O)C(Cl)=C2)c(=O)nc2sc(C34CC5CC(CC(C5)C3)C4)nn12. The lowest BCUT2D eigenvalue weighted by Crippen LogP contribution is -2.48. The molecule has 0 unspecified atom stereocenters. The molecule has 9 heteroatoms. The second kappa shape index (κ2) is 6.77. The van der Waals surface area contributed by atoms with Crippen molar-refractivity contribution in [2.75, 3.05) is 5.73 Å². The fourth-order valence-electron chi connectivity index (χ4n) is 6.43. The lowest BCUT2D eigenvalue weighted by Gasteiger charge is -2.55. The third-order valence-electron chi connectivity index (χ3n) is 7.32. The number of fused-ring (bicyclic) bond motifs is 1. The Morgan fingerprint density at radius 3 is 2.23 bits per heavy atom. The summed E-state index contributed by atoms with van der Waals surface area (Å²) in [6.45, 7) is 0. The lowest BCUT2D eigenvalue weighted by molar-refractivity contribution is -0.111. The summed E-state index contributed by atoms with van der Waals surface area (Å²) < 4.78 is 1.59. The molecule has 6 nitrogen and oxygen atoms in total. The number of Topliss-reactive ketones (excluding diaryl/α,β-unsaturated/α-hetero) is 1. The Hall–Kier alpha value is -1.96. The number of hydrogen-bond donors (Lipinski definition) is 1. The summed E-state index contributed by atoms with van der Waals surface area (Å²) in [6.07, 6.45) is 12.1. The molecule has 0 spiro atoms. The van der Waals surface area contributed by atoms with E-state index >= 15 is 0 Å². The molecule has 5 aliphatic carbocycles. The van der Waals surface area contributed by atoms with Gasteiger partial charge in [-0.15, -0.1) is 0 Å². The average molecular weight is 475 g/mol. The quantitative estimate of drug-likeness (QED) is 0.695. The molecule has 2 N–H and O–H groups in total. The monoisotopic (exact) mass is 474 g/mol. The zero-order chi connectivity index (χ0) is 21.5. The minimum Gasteiger partial charge on any atom is -0.383 e. The smallest absolute Gasteiger partial charge is 0.283 e. The molecule has 4 fully saturated rings. The van der Waals surface area contributed by atoms with Crippen molar-refractivity contribution >= 4 is 57.2 Å². The summed E-state index contributed by atoms with van der Waals surface area (Å²) in [5.74, 6) is 2.18. The van der Waals surface area contributed by atoms with Crippen molar-refractivity contribution in [2.45, 2.75) is 43.9 Å². The number of carbonyl (C=O) groups excluding carboxylic acids is 1. The van der Waals surface area contributed by atoms with E-state index in [1.165, 1.54) is 62.0 Å². The highest BCUT2D eigenvalue weighted by Gasteiger charge is 2.53. The van der Waals surface area contributed by atoms with Gasteiger partial charge in [0.1, 0.15) is 10.8 Å². The zero-order valence-corrected chi connectivity index (χ0v) is 18.9. The summed E-state index contributed by atoms with van der Waals surface area (Å²) in [6, 6.07) is 0. The number of nitrogens with two attached hydrogens (primary N) is 1. The van der Waals surface area contributed by atoms with Gasteiger partial charge >= 0.3 is 0 Å². The summed E-state index contributed by atoms with van der Waals surface area (Å²) >= 11 is 13.4. The van der Waals surface area contributed by atoms with Crippen LogP contribution in [0.1, 0.15) is 49.1 Å². The van der Waals surface area contributed by atoms with Crippen molar-refractivity contribution in [3.8, 4) is 0 Å². The first-order valence-corrected chi connectivity index (χ1v) is 12.1. The van der Waals surface area contributed by atoms with Gasteiger partial charge in [-0.2, -0.15) is 14.6 Å². The third kappa shape index (κ3) is 3.04. The Morgan fingerprint density at radius 1 is 1.06 bits per heavy atom. The van der Waals surface area contributed by atoms with E-state index in [-0.39, 0.29) is 26.9 Å². The molecule has 31 heavy (non-hydrogen) atoms. The van der Waals surface area contributed by atoms with Crippen LogP contribution in [0.25, 0.3) is 11.0 Å². The van der Waals surface area contributed by atoms with Gasteiger partial charge in [0.15, 0.2) is 0 Å². The molecule has 0 saturated heterocycles. The number of anilines is 1. The van der Waals surface area contributed by atoms with E-state index < -0.39 is 11.3 Å². The second-order valence-corrected chi connectivity index (χ2v) is 11.2. The maximum atomic E-state index is 12.8. The minimum absolute atomic E-state index is 0.00998. The summed E-state index contributed by atoms with van der Waals surface area (Å²) in [4.78, 5) is 29.3. The molecule has 2 aromatic rings. The molecular formula is C22H20Cl2N4O2S. The lowest BCUT2D eigenvalue weighted by atomic mass is 9.50. The van der Waals surface area contributed by atoms with Gasteiger partial charge in [-0.1, -0.05) is 34.5 Å². The van der Waals surface area contributed by atoms with Crippen LogP contribution in [-0.4, -0.2) is 20.4 Å². The molecule has 160 valence electrons. The predicted molar refractivity (Wildman–Crippen MR) is 122 cm³/mol. The van der Waals surface area contributed by atoms with Crippen LogP contribution in [0.2, 0.25) is 0 Å². The normalized spacial score (nSPS) is 31.9. The van der Waals surface area contributed by atoms with Crippen LogP contribution in [0.5, 0.6) is 0 Å². The Labute approximate surface area is 192 Å². The van der Waals surface area contributed by atoms with Gasteiger partial charge in [-0.3, -0.25) is 9.59 Å². The Balaban J connectivity index is 1.45. The van der Waals surface area contributed by atoms with Gasteiger partial charge in [0.25, 0.3) is 5.56 Å². The number of nitrogen functional groups attached to an aromatic ring is 1. The highest BCUT2D eigenvalue weighted by atomic mass is 35.5. The summed E-state index contributed by atoms with van der Waals surface area (Å²) in [5.41, 5.74) is 6.79. The van der Waals surface area contributed by atoms with E-state index in [0.29, 0.717) is 10.5 Å². The number of carbonyl (C=O) groups is 1. The zero-order valence-electron chi connectivity index (χ0n) is 16.6. The van der Waals surface area contributed by atoms with E-state index in [2.05, 4.69) is 4.98 Å². The van der Waals surface area contributed by atoms with Gasteiger partial charge in [-0.25, -0.2) is 0 Å². The number of rotatable bonds is 2. The number of allylic oxidation sites excluding steroid dienone is 5. The average Bonchev–Trinajstić information content (AvgIpc) is 3.13. The van der Waals surface area contributed by atoms with Crippen molar-refractivity contribution in [1.82, 2.24) is 14.6 Å². The van der Waals surface area contributed by atoms with Gasteiger partial charge in [0.2, 0.25) is 10.7 Å². The molecule has 2 aromatic heterocycles. The van der Waals surface area contributed by atoms with Gasteiger partial charge < -0.3 is 5.73 Å². The van der Waals surface area contributed by atoms with Crippen LogP contribution >= 0.6 is 34.5 Å². The Kier molecular flexibility index (Phi) is 4.30. The molecule has 0 aromatic carbocycles. The topological polar surface area (TPSA) is 90.4 Å². The molecule has 0 amide bonds. The standard InChI is InChI=1S/C22H20Cl2N4O2S/c23-15-5-10(6-16(24)17(15)29)4-14-18(25)28-21(26-19(14)30)31-20(27-28)22-7-11-1-12(8-22)3-13(2-11)9-22/h4-6,11-13H,1-3,7-9,25H2. The maximum absolute atomic E-state index is 12.8. The van der Waals surface area contributed by atoms with Crippen LogP contribution in [0.3, 0.4) is 0 Å². The van der Waals surface area contributed by atoms with Crippen molar-refractivity contribution < 1.29 is 4.79 Å². The number of aromatic nitrogens is 3. The fourth-order valence-corrected chi connectivity index (χ4v) is 8.05. The molecule has 5 aliphatic rings. The molecular weight excluding hydrogens is 455 g/mol. The van der Waals surface area contributed by atoms with Crippen LogP contribution in [0, 0.1) is 17.8 Å². The van der Waals surface area contributed by atoms with Crippen molar-refractivity contribution in [2.24, 2.45) is 17.8 Å². The number of halogens is 2. The summed E-state index contributed by atoms with van der Waals surface area (Å²) in [7, 11) is 0. The molecule has 0 aliphatic heterocycles. The van der Waals surface area contributed by atoms with E-state index in [1.807, 2.05) is 0 Å². The van der Waals surface area contributed by atoms with E-state index in [9.17, 15) is 9.59 Å². The Morgan fingerprint density at radius 2 is 1.65 bits per heavy atom. The van der Waals surface area contributed by atoms with E-state index in [4.69, 9.17) is 34.0 Å². The first-order chi connectivity index (χ1) is 14.8. The van der Waals surface area contributed by atoms with Crippen LogP contribution in [-0.2, 0) is 10.2 Å². The van der Waals surface area contributed by atoms with Crippen LogP contribution in [0.4, 0.5) is 5.82 Å². The van der Waals surface area contributed by atoms with Crippen molar-refractivity contribution in [3.63, 3.8) is 0 Å². The minimum atomic E-state index is -0.446. The largest absolute Gasteiger partial charge is 0.383 e. The molecule has 0 radical (unpaired) electrons. The van der Waals surface area contributed by atoms with Gasteiger partial charge in [-0.05, 0) is 80.1 Å². The Bertz CT molecular complexity index is 1240. The van der Waals surface area contributed by atoms with Crippen molar-refractivity contribution in [1.29, 1.82) is 0 Å². The number of hydrogen-bond acceptors (Lipinski definition) is 6. The van der Waals surface area contributed by atoms with E-state index in [1.54, 1.807) is 10.6 Å². The molecule has 2 heterocycles. The predicted octanol–water partition coefficient (Wildman–Crippen LogP) is 4.41. The molecule has 4 bridgehead atoms. The van der Waals surface area contributed by atoms with Crippen LogP contribution < -0.4 is 11.3 Å². The van der Waals surface area contributed by atoms with E-state index in [0.717, 1.165) is 22.8 Å². The summed E-state index contributed by atoms with van der Waals surface area (Å²) in [5, 5.41) is 5.92. The fraction of sp³-hybridized carbons (Fsp3) is 0.455. The highest BCUT2D eigenvalue weighted by molar-refractivity contribution is 7.16. The van der Waals surface area contributed by atoms with Gasteiger partial charge in [0, 0.05) is 5.41 Å². The molecule has 0 atom stereocenters. The third-order valence-corrected chi connectivity index (χ3v) is 9.03. The molecule has 7 rings (SSSR count). The second-order valence-electron chi connectivity index (χ2n) is 9.47. The van der Waals surface area contributed by atoms with Crippen molar-refractivity contribution in [3.05, 3.63) is 48.7 Å². The van der Waals surface area contributed by atoms with Crippen LogP contribution in [0.15, 0.2) is 32.6 Å². The van der Waals surface area contributed by atoms with Gasteiger partial charge in [0.05, 0.1) is 15.6 Å². The number of nitrogens with zero attached hydrogens (tertiary/aromatic N) is 3. The molecule has 4 saturated carbocycles. The highest BCUT2D eigenvalue weighted by Crippen LogP contribution is 2.61. The maximum Gasteiger partial charge on any atom is 0.283 e.